The molecule has 2 aromatic rings. The second-order valence-electron chi connectivity index (χ2n) is 9.22. The van der Waals surface area contributed by atoms with Crippen molar-refractivity contribution in [2.24, 2.45) is 0 Å². The summed E-state index contributed by atoms with van der Waals surface area (Å²) < 4.78 is 17.4. The fourth-order valence-electron chi connectivity index (χ4n) is 4.04. The van der Waals surface area contributed by atoms with Crippen molar-refractivity contribution in [2.75, 3.05) is 19.8 Å². The number of benzene rings is 2. The van der Waals surface area contributed by atoms with Crippen molar-refractivity contribution in [3.63, 3.8) is 0 Å². The van der Waals surface area contributed by atoms with Gasteiger partial charge >= 0.3 is 5.97 Å². The number of phenolic OH excluding ortho intramolecular Hbond substituents is 1. The quantitative estimate of drug-likeness (QED) is 0.169. The molecule has 0 aliphatic carbocycles. The Hall–Kier alpha value is -2.89. The lowest BCUT2D eigenvalue weighted by atomic mass is 10.1. The van der Waals surface area contributed by atoms with E-state index >= 15 is 0 Å². The molecule has 0 aliphatic rings. The van der Waals surface area contributed by atoms with Crippen LogP contribution in [0.5, 0.6) is 23.0 Å². The Bertz CT molecular complexity index is 849. The van der Waals surface area contributed by atoms with Crippen LogP contribution >= 0.6 is 0 Å². The summed E-state index contributed by atoms with van der Waals surface area (Å²) in [6.45, 7) is 3.51. The molecule has 0 aromatic heterocycles. The highest BCUT2D eigenvalue weighted by atomic mass is 16.5. The molecule has 0 unspecified atom stereocenters. The monoisotopic (exact) mass is 500 g/mol. The van der Waals surface area contributed by atoms with Gasteiger partial charge in [-0.2, -0.15) is 0 Å². The number of aromatic hydroxyl groups is 1. The van der Waals surface area contributed by atoms with Crippen molar-refractivity contribution >= 4 is 5.97 Å². The molecule has 200 valence electrons. The third-order valence-corrected chi connectivity index (χ3v) is 6.11. The molecule has 0 bridgehead atoms. The summed E-state index contributed by atoms with van der Waals surface area (Å²) in [6, 6.07) is 11.5. The minimum Gasteiger partial charge on any atom is -0.508 e. The Balaban J connectivity index is 1.64. The second kappa shape index (κ2) is 18.4. The molecule has 0 saturated carbocycles. The van der Waals surface area contributed by atoms with Gasteiger partial charge in [-0.05, 0) is 42.8 Å². The Morgan fingerprint density at radius 2 is 1.22 bits per heavy atom. The minimum atomic E-state index is -1.04. The van der Waals surface area contributed by atoms with Crippen LogP contribution in [0.15, 0.2) is 42.5 Å². The topological polar surface area (TPSA) is 85.2 Å². The molecule has 0 radical (unpaired) electrons. The molecule has 0 atom stereocenters. The number of unbranched alkanes of at least 4 members (excludes halogenated alkanes) is 11. The first-order chi connectivity index (χ1) is 17.6. The van der Waals surface area contributed by atoms with E-state index in [1.54, 1.807) is 36.4 Å². The summed E-state index contributed by atoms with van der Waals surface area (Å²) in [5.74, 6) is 0.546. The van der Waals surface area contributed by atoms with Crippen LogP contribution in [-0.2, 0) is 0 Å². The summed E-state index contributed by atoms with van der Waals surface area (Å²) in [6.07, 6.45) is 15.9. The minimum absolute atomic E-state index is 0.0987. The third kappa shape index (κ3) is 12.2. The number of phenols is 1. The summed E-state index contributed by atoms with van der Waals surface area (Å²) in [7, 11) is 0. The van der Waals surface area contributed by atoms with E-state index in [0.29, 0.717) is 37.7 Å². The van der Waals surface area contributed by atoms with Crippen LogP contribution in [0.1, 0.15) is 101 Å². The number of para-hydroxylation sites is 1. The van der Waals surface area contributed by atoms with Gasteiger partial charge in [0.15, 0.2) is 11.5 Å². The Kier molecular flexibility index (Phi) is 15.0. The smallest absolute Gasteiger partial charge is 0.339 e. The third-order valence-electron chi connectivity index (χ3n) is 6.11. The molecular weight excluding hydrogens is 456 g/mol. The van der Waals surface area contributed by atoms with Gasteiger partial charge in [-0.25, -0.2) is 4.79 Å². The highest BCUT2D eigenvalue weighted by Gasteiger charge is 2.16. The Morgan fingerprint density at radius 1 is 0.667 bits per heavy atom. The van der Waals surface area contributed by atoms with E-state index in [1.807, 2.05) is 0 Å². The maximum absolute atomic E-state index is 11.7. The number of aromatic carboxylic acids is 1. The molecule has 6 nitrogen and oxygen atoms in total. The van der Waals surface area contributed by atoms with Gasteiger partial charge in [0.1, 0.15) is 17.1 Å². The summed E-state index contributed by atoms with van der Waals surface area (Å²) in [5.41, 5.74) is 0.0987. The molecule has 2 rings (SSSR count). The summed E-state index contributed by atoms with van der Waals surface area (Å²) >= 11 is 0. The molecule has 2 N–H and O–H groups in total. The van der Waals surface area contributed by atoms with Gasteiger partial charge in [0, 0.05) is 6.42 Å². The molecule has 6 heteroatoms. The lowest BCUT2D eigenvalue weighted by molar-refractivity contribution is 0.0690. The first-order valence-electron chi connectivity index (χ1n) is 13.7. The zero-order valence-electron chi connectivity index (χ0n) is 21.9. The number of hydrogen-bond acceptors (Lipinski definition) is 5. The van der Waals surface area contributed by atoms with E-state index in [-0.39, 0.29) is 17.1 Å². The normalized spacial score (nSPS) is 10.8. The maximum atomic E-state index is 11.7. The van der Waals surface area contributed by atoms with E-state index in [9.17, 15) is 15.0 Å². The van der Waals surface area contributed by atoms with Crippen molar-refractivity contribution < 1.29 is 29.2 Å². The van der Waals surface area contributed by atoms with Gasteiger partial charge in [0.05, 0.1) is 19.8 Å². The molecule has 0 fully saturated rings. The molecule has 2 aromatic carbocycles. The van der Waals surface area contributed by atoms with E-state index in [1.165, 1.54) is 70.3 Å². The highest BCUT2D eigenvalue weighted by molar-refractivity contribution is 5.92. The predicted octanol–water partition coefficient (Wildman–Crippen LogP) is 8.02. The Morgan fingerprint density at radius 3 is 1.83 bits per heavy atom. The maximum Gasteiger partial charge on any atom is 0.339 e. The Labute approximate surface area is 216 Å². The number of carbonyl (C=O) groups is 1. The van der Waals surface area contributed by atoms with Crippen LogP contribution in [0.25, 0.3) is 0 Å². The zero-order valence-corrected chi connectivity index (χ0v) is 21.9. The summed E-state index contributed by atoms with van der Waals surface area (Å²) in [5, 5.41) is 18.9. The van der Waals surface area contributed by atoms with Gasteiger partial charge < -0.3 is 24.4 Å². The van der Waals surface area contributed by atoms with Gasteiger partial charge in [-0.3, -0.25) is 0 Å². The average molecular weight is 501 g/mol. The molecule has 0 saturated heterocycles. The largest absolute Gasteiger partial charge is 0.508 e. The standard InChI is InChI=1S/C30H44O6/c1-2-3-4-5-6-7-8-9-10-11-12-13-22-35-28-17-14-16-27(30(32)33)29(28)36-24-15-23-34-26-20-18-25(31)19-21-26/h14,16-21,31H,2-13,15,22-24H2,1H3,(H,32,33). The van der Waals surface area contributed by atoms with Crippen LogP contribution in [0.3, 0.4) is 0 Å². The average Bonchev–Trinajstić information content (AvgIpc) is 2.88. The van der Waals surface area contributed by atoms with E-state index < -0.39 is 5.97 Å². The molecule has 0 spiro atoms. The SMILES string of the molecule is CCCCCCCCCCCCCCOc1cccc(C(=O)O)c1OCCCOc1ccc(O)cc1. The van der Waals surface area contributed by atoms with Crippen molar-refractivity contribution in [1.82, 2.24) is 0 Å². The zero-order chi connectivity index (χ0) is 25.8. The number of carboxylic acid groups (broad SMARTS) is 1. The lowest BCUT2D eigenvalue weighted by Crippen LogP contribution is -2.10. The van der Waals surface area contributed by atoms with Crippen LogP contribution in [-0.4, -0.2) is 36.0 Å². The van der Waals surface area contributed by atoms with Crippen molar-refractivity contribution in [3.05, 3.63) is 48.0 Å². The number of carboxylic acids is 1. The van der Waals surface area contributed by atoms with Crippen molar-refractivity contribution in [3.8, 4) is 23.0 Å². The van der Waals surface area contributed by atoms with Crippen LogP contribution < -0.4 is 14.2 Å². The molecule has 36 heavy (non-hydrogen) atoms. The molecule has 0 aliphatic heterocycles. The fourth-order valence-corrected chi connectivity index (χ4v) is 4.04. The molecular formula is C30H44O6. The second-order valence-corrected chi connectivity index (χ2v) is 9.22. The fraction of sp³-hybridized carbons (Fsp3) is 0.567. The van der Waals surface area contributed by atoms with E-state index in [2.05, 4.69) is 6.92 Å². The first-order valence-corrected chi connectivity index (χ1v) is 13.7. The van der Waals surface area contributed by atoms with Crippen LogP contribution in [0, 0.1) is 0 Å². The van der Waals surface area contributed by atoms with E-state index in [0.717, 1.165) is 12.8 Å². The molecule has 0 heterocycles. The van der Waals surface area contributed by atoms with Gasteiger partial charge in [-0.15, -0.1) is 0 Å². The van der Waals surface area contributed by atoms with Crippen LogP contribution in [0.2, 0.25) is 0 Å². The van der Waals surface area contributed by atoms with Crippen molar-refractivity contribution in [2.45, 2.75) is 90.4 Å². The number of ether oxygens (including phenoxy) is 3. The van der Waals surface area contributed by atoms with Gasteiger partial charge in [0.2, 0.25) is 0 Å². The molecule has 0 amide bonds. The predicted molar refractivity (Wildman–Crippen MR) is 144 cm³/mol. The van der Waals surface area contributed by atoms with Gasteiger partial charge in [0.25, 0.3) is 0 Å². The summed E-state index contributed by atoms with van der Waals surface area (Å²) in [4.78, 5) is 11.7. The first kappa shape index (κ1) is 29.3. The lowest BCUT2D eigenvalue weighted by Gasteiger charge is -2.15. The van der Waals surface area contributed by atoms with Crippen molar-refractivity contribution in [1.29, 1.82) is 0 Å². The van der Waals surface area contributed by atoms with Gasteiger partial charge in [-0.1, -0.05) is 83.6 Å². The number of hydrogen-bond donors (Lipinski definition) is 2. The van der Waals surface area contributed by atoms with E-state index in [4.69, 9.17) is 14.2 Å². The highest BCUT2D eigenvalue weighted by Crippen LogP contribution is 2.32. The number of rotatable bonds is 21. The van der Waals surface area contributed by atoms with Crippen LogP contribution in [0.4, 0.5) is 0 Å².